The van der Waals surface area contributed by atoms with Crippen molar-refractivity contribution in [3.8, 4) is 0 Å². The van der Waals surface area contributed by atoms with E-state index in [4.69, 9.17) is 10.7 Å². The minimum Gasteiger partial charge on any atom is -0.594 e. The summed E-state index contributed by atoms with van der Waals surface area (Å²) < 4.78 is 10.5. The summed E-state index contributed by atoms with van der Waals surface area (Å²) in [6.07, 6.45) is 0. The second-order valence-electron chi connectivity index (χ2n) is 1.54. The summed E-state index contributed by atoms with van der Waals surface area (Å²) in [5, 5.41) is 0. The Morgan fingerprint density at radius 2 is 1.78 bits per heavy atom. The number of halogens is 1. The number of benzene rings is 1. The Hall–Kier alpha value is -0.180. The van der Waals surface area contributed by atoms with Crippen LogP contribution >= 0.6 is 10.7 Å². The van der Waals surface area contributed by atoms with Crippen LogP contribution in [0.25, 0.3) is 0 Å². The molecule has 0 fully saturated rings. The van der Waals surface area contributed by atoms with Gasteiger partial charge in [0.2, 0.25) is 0 Å². The van der Waals surface area contributed by atoms with Crippen LogP contribution in [0, 0.1) is 0 Å². The van der Waals surface area contributed by atoms with Gasteiger partial charge in [-0.25, -0.2) is 0 Å². The van der Waals surface area contributed by atoms with Crippen molar-refractivity contribution < 1.29 is 4.55 Å². The van der Waals surface area contributed by atoms with Crippen LogP contribution in [0.4, 0.5) is 0 Å². The Kier molecular flexibility index (Phi) is 2.39. The van der Waals surface area contributed by atoms with Crippen molar-refractivity contribution in [2.45, 2.75) is 4.90 Å². The number of hydrogen-bond donors (Lipinski definition) is 0. The summed E-state index contributed by atoms with van der Waals surface area (Å²) >= 11 is 0. The highest BCUT2D eigenvalue weighted by molar-refractivity contribution is 8.13. The maximum Gasteiger partial charge on any atom is 0.181 e. The van der Waals surface area contributed by atoms with E-state index in [1.165, 1.54) is 0 Å². The zero-order valence-corrected chi connectivity index (χ0v) is 6.15. The van der Waals surface area contributed by atoms with Crippen molar-refractivity contribution in [3.05, 3.63) is 30.3 Å². The van der Waals surface area contributed by atoms with Gasteiger partial charge in [-0.2, -0.15) is 0 Å². The molecule has 9 heavy (non-hydrogen) atoms. The molecular formula is C6H5ClOS. The highest BCUT2D eigenvalue weighted by Gasteiger charge is 2.03. The molecule has 1 nitrogen and oxygen atoms in total. The quantitative estimate of drug-likeness (QED) is 0.576. The summed E-state index contributed by atoms with van der Waals surface area (Å²) in [4.78, 5) is 0.652. The molecule has 0 amide bonds. The Balaban J connectivity index is 2.85. The third-order valence-corrected chi connectivity index (χ3v) is 2.11. The Morgan fingerprint density at radius 3 is 2.11 bits per heavy atom. The van der Waals surface area contributed by atoms with Crippen molar-refractivity contribution in [1.82, 2.24) is 0 Å². The SMILES string of the molecule is [O-][S+](Cl)c1ccccc1. The lowest BCUT2D eigenvalue weighted by molar-refractivity contribution is 0.608. The van der Waals surface area contributed by atoms with Crippen LogP contribution in [0.1, 0.15) is 0 Å². The normalized spacial score (nSPS) is 13.1. The third-order valence-electron chi connectivity index (χ3n) is 0.929. The van der Waals surface area contributed by atoms with Crippen LogP contribution in [0.3, 0.4) is 0 Å². The molecule has 48 valence electrons. The summed E-state index contributed by atoms with van der Waals surface area (Å²) in [6.45, 7) is 0. The van der Waals surface area contributed by atoms with Gasteiger partial charge in [0.1, 0.15) is 10.4 Å². The van der Waals surface area contributed by atoms with Crippen LogP contribution in [0.15, 0.2) is 35.2 Å². The van der Waals surface area contributed by atoms with Crippen molar-refractivity contribution in [2.24, 2.45) is 0 Å². The monoisotopic (exact) mass is 160 g/mol. The smallest absolute Gasteiger partial charge is 0.181 e. The molecule has 0 saturated heterocycles. The fourth-order valence-electron chi connectivity index (χ4n) is 0.527. The van der Waals surface area contributed by atoms with Crippen LogP contribution in [-0.4, -0.2) is 4.55 Å². The molecule has 1 aromatic rings. The van der Waals surface area contributed by atoms with E-state index in [0.29, 0.717) is 4.90 Å². The van der Waals surface area contributed by atoms with E-state index in [0.717, 1.165) is 0 Å². The predicted octanol–water partition coefficient (Wildman–Crippen LogP) is 1.95. The average Bonchev–Trinajstić information content (AvgIpc) is 1.90. The molecule has 1 atom stereocenters. The summed E-state index contributed by atoms with van der Waals surface area (Å²) in [7, 11) is 3.92. The number of rotatable bonds is 1. The Labute approximate surface area is 61.3 Å². The van der Waals surface area contributed by atoms with Gasteiger partial charge in [0.05, 0.1) is 0 Å². The van der Waals surface area contributed by atoms with Crippen molar-refractivity contribution >= 4 is 21.1 Å². The Bertz CT molecular complexity index is 176. The van der Waals surface area contributed by atoms with Crippen molar-refractivity contribution in [3.63, 3.8) is 0 Å². The Morgan fingerprint density at radius 1 is 1.22 bits per heavy atom. The molecule has 0 saturated carbocycles. The van der Waals surface area contributed by atoms with Gasteiger partial charge in [-0.1, -0.05) is 18.2 Å². The molecule has 1 aromatic carbocycles. The highest BCUT2D eigenvalue weighted by atomic mass is 35.7. The van der Waals surface area contributed by atoms with E-state index >= 15 is 0 Å². The molecule has 0 aliphatic rings. The maximum absolute atomic E-state index is 10.5. The topological polar surface area (TPSA) is 23.1 Å². The largest absolute Gasteiger partial charge is 0.594 e. The molecule has 0 spiro atoms. The van der Waals surface area contributed by atoms with E-state index in [-0.39, 0.29) is 0 Å². The second kappa shape index (κ2) is 3.11. The van der Waals surface area contributed by atoms with Crippen LogP contribution in [0.5, 0.6) is 0 Å². The molecule has 1 unspecified atom stereocenters. The van der Waals surface area contributed by atoms with Gasteiger partial charge in [-0.3, -0.25) is 0 Å². The van der Waals surface area contributed by atoms with Gasteiger partial charge in [-0.15, -0.1) is 0 Å². The summed E-state index contributed by atoms with van der Waals surface area (Å²) in [5.41, 5.74) is 0. The molecule has 0 aliphatic carbocycles. The molecule has 3 heteroatoms. The fourth-order valence-corrected chi connectivity index (χ4v) is 1.21. The van der Waals surface area contributed by atoms with Crippen LogP contribution in [-0.2, 0) is 10.4 Å². The first-order valence-electron chi connectivity index (χ1n) is 2.44. The third kappa shape index (κ3) is 1.90. The maximum atomic E-state index is 10.5. The van der Waals surface area contributed by atoms with Crippen LogP contribution in [0.2, 0.25) is 0 Å². The summed E-state index contributed by atoms with van der Waals surface area (Å²) in [5.74, 6) is 0. The van der Waals surface area contributed by atoms with Crippen LogP contribution < -0.4 is 0 Å². The molecular weight excluding hydrogens is 156 g/mol. The molecule has 0 bridgehead atoms. The van der Waals surface area contributed by atoms with E-state index < -0.39 is 10.4 Å². The van der Waals surface area contributed by atoms with Gasteiger partial charge >= 0.3 is 0 Å². The molecule has 0 radical (unpaired) electrons. The molecule has 0 aromatic heterocycles. The van der Waals surface area contributed by atoms with Gasteiger partial charge in [0.25, 0.3) is 0 Å². The van der Waals surface area contributed by atoms with E-state index in [1.807, 2.05) is 6.07 Å². The lowest BCUT2D eigenvalue weighted by Gasteiger charge is -1.95. The zero-order chi connectivity index (χ0) is 6.69. The molecule has 0 aliphatic heterocycles. The van der Waals surface area contributed by atoms with E-state index in [1.54, 1.807) is 24.3 Å². The van der Waals surface area contributed by atoms with E-state index in [2.05, 4.69) is 0 Å². The van der Waals surface area contributed by atoms with Gasteiger partial charge in [-0.05, 0) is 12.1 Å². The molecule has 0 N–H and O–H groups in total. The summed E-state index contributed by atoms with van der Waals surface area (Å²) in [6, 6.07) is 8.91. The first-order valence-corrected chi connectivity index (χ1v) is 4.41. The van der Waals surface area contributed by atoms with Crippen molar-refractivity contribution in [2.75, 3.05) is 0 Å². The van der Waals surface area contributed by atoms with Gasteiger partial charge < -0.3 is 4.55 Å². The van der Waals surface area contributed by atoms with Gasteiger partial charge in [0.15, 0.2) is 15.6 Å². The first kappa shape index (κ1) is 6.93. The highest BCUT2D eigenvalue weighted by Crippen LogP contribution is 2.12. The molecule has 0 heterocycles. The second-order valence-corrected chi connectivity index (χ2v) is 3.30. The lowest BCUT2D eigenvalue weighted by Crippen LogP contribution is -1.87. The fraction of sp³-hybridized carbons (Fsp3) is 0. The predicted molar refractivity (Wildman–Crippen MR) is 38.7 cm³/mol. The van der Waals surface area contributed by atoms with Gasteiger partial charge in [0, 0.05) is 0 Å². The first-order chi connectivity index (χ1) is 4.30. The average molecular weight is 161 g/mol. The van der Waals surface area contributed by atoms with E-state index in [9.17, 15) is 4.55 Å². The number of hydrogen-bond acceptors (Lipinski definition) is 1. The minimum atomic E-state index is -1.36. The molecule has 1 rings (SSSR count). The minimum absolute atomic E-state index is 0.652. The standard InChI is InChI=1S/C6H5ClOS/c7-9(8)6-4-2-1-3-5-6/h1-5H. The van der Waals surface area contributed by atoms with Crippen molar-refractivity contribution in [1.29, 1.82) is 0 Å². The lowest BCUT2D eigenvalue weighted by atomic mass is 10.4. The zero-order valence-electron chi connectivity index (χ0n) is 4.58.